The van der Waals surface area contributed by atoms with Crippen LogP contribution in [-0.2, 0) is 0 Å². The van der Waals surface area contributed by atoms with Crippen LogP contribution in [0.1, 0.15) is 15.9 Å². The topological polar surface area (TPSA) is 59.2 Å². The Labute approximate surface area is 132 Å². The molecule has 0 saturated carbocycles. The molecule has 3 aromatic heterocycles. The van der Waals surface area contributed by atoms with Crippen molar-refractivity contribution in [2.24, 2.45) is 0 Å². The molecular weight excluding hydrogens is 302 g/mol. The Bertz CT molecular complexity index is 871. The summed E-state index contributed by atoms with van der Waals surface area (Å²) in [6.07, 6.45) is 3.18. The summed E-state index contributed by atoms with van der Waals surface area (Å²) in [4.78, 5) is 22.1. The standard InChI is InChI=1S/C16H14ClN3O2/c1-9-6-10(16(21)20(2)3)8-19-14(9)13-7-12-15(22-13)11(17)4-5-18-12/h4-8H,1-3H3. The molecule has 3 rings (SSSR count). The highest BCUT2D eigenvalue weighted by Gasteiger charge is 2.15. The Morgan fingerprint density at radius 3 is 2.68 bits per heavy atom. The number of amides is 1. The summed E-state index contributed by atoms with van der Waals surface area (Å²) in [7, 11) is 3.41. The van der Waals surface area contributed by atoms with Crippen molar-refractivity contribution in [3.05, 3.63) is 46.7 Å². The molecule has 0 spiro atoms. The summed E-state index contributed by atoms with van der Waals surface area (Å²) in [6.45, 7) is 1.89. The van der Waals surface area contributed by atoms with Crippen LogP contribution in [0.3, 0.4) is 0 Å². The van der Waals surface area contributed by atoms with Crippen molar-refractivity contribution in [3.63, 3.8) is 0 Å². The summed E-state index contributed by atoms with van der Waals surface area (Å²) in [5.74, 6) is 0.494. The van der Waals surface area contributed by atoms with E-state index in [1.807, 2.05) is 6.92 Å². The van der Waals surface area contributed by atoms with E-state index < -0.39 is 0 Å². The zero-order chi connectivity index (χ0) is 15.9. The Morgan fingerprint density at radius 2 is 2.05 bits per heavy atom. The number of furan rings is 1. The van der Waals surface area contributed by atoms with Crippen LogP contribution in [0.25, 0.3) is 22.6 Å². The molecule has 0 radical (unpaired) electrons. The monoisotopic (exact) mass is 315 g/mol. The lowest BCUT2D eigenvalue weighted by Crippen LogP contribution is -2.21. The van der Waals surface area contributed by atoms with Crippen LogP contribution in [0.2, 0.25) is 5.02 Å². The predicted molar refractivity (Wildman–Crippen MR) is 85.0 cm³/mol. The second-order valence-electron chi connectivity index (χ2n) is 5.21. The Kier molecular flexibility index (Phi) is 3.58. The van der Waals surface area contributed by atoms with Crippen LogP contribution in [0.5, 0.6) is 0 Å². The molecule has 3 heterocycles. The highest BCUT2D eigenvalue weighted by molar-refractivity contribution is 6.34. The molecule has 0 aromatic carbocycles. The molecule has 3 aromatic rings. The van der Waals surface area contributed by atoms with Crippen molar-refractivity contribution in [1.29, 1.82) is 0 Å². The lowest BCUT2D eigenvalue weighted by Gasteiger charge is -2.11. The molecule has 0 atom stereocenters. The largest absolute Gasteiger partial charge is 0.451 e. The highest BCUT2D eigenvalue weighted by Crippen LogP contribution is 2.31. The van der Waals surface area contributed by atoms with Gasteiger partial charge in [-0.25, -0.2) is 0 Å². The maximum atomic E-state index is 12.0. The first kappa shape index (κ1) is 14.5. The van der Waals surface area contributed by atoms with Gasteiger partial charge in [-0.05, 0) is 24.6 Å². The summed E-state index contributed by atoms with van der Waals surface area (Å²) in [5.41, 5.74) is 3.27. The molecule has 6 heteroatoms. The first-order valence-corrected chi connectivity index (χ1v) is 7.08. The third-order valence-corrected chi connectivity index (χ3v) is 3.63. The molecule has 0 saturated heterocycles. The minimum Gasteiger partial charge on any atom is -0.451 e. The van der Waals surface area contributed by atoms with Crippen molar-refractivity contribution in [1.82, 2.24) is 14.9 Å². The summed E-state index contributed by atoms with van der Waals surface area (Å²) in [5, 5.41) is 0.508. The fourth-order valence-corrected chi connectivity index (χ4v) is 2.42. The summed E-state index contributed by atoms with van der Waals surface area (Å²) in [6, 6.07) is 5.27. The maximum Gasteiger partial charge on any atom is 0.254 e. The Morgan fingerprint density at radius 1 is 1.27 bits per heavy atom. The van der Waals surface area contributed by atoms with Crippen molar-refractivity contribution in [2.75, 3.05) is 14.1 Å². The van der Waals surface area contributed by atoms with Gasteiger partial charge in [-0.2, -0.15) is 0 Å². The van der Waals surface area contributed by atoms with E-state index >= 15 is 0 Å². The number of carbonyl (C=O) groups is 1. The van der Waals surface area contributed by atoms with Gasteiger partial charge in [0.15, 0.2) is 11.3 Å². The van der Waals surface area contributed by atoms with Crippen LogP contribution in [-0.4, -0.2) is 34.9 Å². The Balaban J connectivity index is 2.07. The molecule has 0 aliphatic carbocycles. The number of hydrogen-bond acceptors (Lipinski definition) is 4. The number of hydrogen-bond donors (Lipinski definition) is 0. The minimum atomic E-state index is -0.0866. The van der Waals surface area contributed by atoms with Crippen LogP contribution in [0, 0.1) is 6.92 Å². The Hall–Kier alpha value is -2.40. The third-order valence-electron chi connectivity index (χ3n) is 3.33. The highest BCUT2D eigenvalue weighted by atomic mass is 35.5. The van der Waals surface area contributed by atoms with Crippen molar-refractivity contribution in [2.45, 2.75) is 6.92 Å². The van der Waals surface area contributed by atoms with Gasteiger partial charge in [0.2, 0.25) is 0 Å². The molecule has 22 heavy (non-hydrogen) atoms. The molecule has 0 aliphatic heterocycles. The number of fused-ring (bicyclic) bond motifs is 1. The zero-order valence-electron chi connectivity index (χ0n) is 12.4. The normalized spacial score (nSPS) is 10.9. The number of carbonyl (C=O) groups excluding carboxylic acids is 1. The van der Waals surface area contributed by atoms with Crippen molar-refractivity contribution < 1.29 is 9.21 Å². The van der Waals surface area contributed by atoms with E-state index in [0.29, 0.717) is 33.1 Å². The number of rotatable bonds is 2. The van der Waals surface area contributed by atoms with Gasteiger partial charge < -0.3 is 9.32 Å². The van der Waals surface area contributed by atoms with Gasteiger partial charge in [0, 0.05) is 32.6 Å². The van der Waals surface area contributed by atoms with E-state index in [1.165, 1.54) is 4.90 Å². The second kappa shape index (κ2) is 5.42. The smallest absolute Gasteiger partial charge is 0.254 e. The van der Waals surface area contributed by atoms with Crippen LogP contribution in [0.15, 0.2) is 35.0 Å². The number of aryl methyl sites for hydroxylation is 1. The van der Waals surface area contributed by atoms with Gasteiger partial charge in [-0.3, -0.25) is 14.8 Å². The fraction of sp³-hybridized carbons (Fsp3) is 0.188. The van der Waals surface area contributed by atoms with E-state index in [1.54, 1.807) is 44.7 Å². The predicted octanol–water partition coefficient (Wildman–Crippen LogP) is 3.55. The SMILES string of the molecule is Cc1cc(C(=O)N(C)C)cnc1-c1cc2nccc(Cl)c2o1. The first-order valence-electron chi connectivity index (χ1n) is 6.70. The number of pyridine rings is 2. The maximum absolute atomic E-state index is 12.0. The van der Waals surface area contributed by atoms with Gasteiger partial charge in [0.05, 0.1) is 10.6 Å². The van der Waals surface area contributed by atoms with Crippen molar-refractivity contribution in [3.8, 4) is 11.5 Å². The molecule has 0 fully saturated rings. The van der Waals surface area contributed by atoms with Crippen LogP contribution < -0.4 is 0 Å². The van der Waals surface area contributed by atoms with Gasteiger partial charge in [-0.1, -0.05) is 11.6 Å². The molecule has 112 valence electrons. The van der Waals surface area contributed by atoms with E-state index in [-0.39, 0.29) is 5.91 Å². The summed E-state index contributed by atoms with van der Waals surface area (Å²) >= 11 is 6.09. The van der Waals surface area contributed by atoms with E-state index in [4.69, 9.17) is 16.0 Å². The fourth-order valence-electron chi connectivity index (χ4n) is 2.23. The average molecular weight is 316 g/mol. The molecule has 1 amide bonds. The second-order valence-corrected chi connectivity index (χ2v) is 5.61. The van der Waals surface area contributed by atoms with Gasteiger partial charge in [-0.15, -0.1) is 0 Å². The average Bonchev–Trinajstić information content (AvgIpc) is 2.91. The van der Waals surface area contributed by atoms with E-state index in [2.05, 4.69) is 9.97 Å². The lowest BCUT2D eigenvalue weighted by molar-refractivity contribution is 0.0827. The summed E-state index contributed by atoms with van der Waals surface area (Å²) < 4.78 is 5.76. The van der Waals surface area contributed by atoms with Crippen molar-refractivity contribution >= 4 is 28.6 Å². The third kappa shape index (κ3) is 2.44. The lowest BCUT2D eigenvalue weighted by atomic mass is 10.1. The zero-order valence-corrected chi connectivity index (χ0v) is 13.2. The molecular formula is C16H14ClN3O2. The van der Waals surface area contributed by atoms with Crippen LogP contribution >= 0.6 is 11.6 Å². The van der Waals surface area contributed by atoms with Gasteiger partial charge in [0.1, 0.15) is 11.2 Å². The molecule has 0 N–H and O–H groups in total. The molecule has 0 unspecified atom stereocenters. The molecule has 0 bridgehead atoms. The molecule has 0 aliphatic rings. The first-order chi connectivity index (χ1) is 10.5. The van der Waals surface area contributed by atoms with Crippen LogP contribution in [0.4, 0.5) is 0 Å². The van der Waals surface area contributed by atoms with Gasteiger partial charge in [0.25, 0.3) is 5.91 Å². The van der Waals surface area contributed by atoms with E-state index in [0.717, 1.165) is 5.56 Å². The van der Waals surface area contributed by atoms with E-state index in [9.17, 15) is 4.79 Å². The quantitative estimate of drug-likeness (QED) is 0.725. The number of aromatic nitrogens is 2. The van der Waals surface area contributed by atoms with Gasteiger partial charge >= 0.3 is 0 Å². The number of halogens is 1. The minimum absolute atomic E-state index is 0.0866. The molecule has 5 nitrogen and oxygen atoms in total. The number of nitrogens with zero attached hydrogens (tertiary/aromatic N) is 3.